The highest BCUT2D eigenvalue weighted by atomic mass is 79.9. The minimum atomic E-state index is -0.580. The van der Waals surface area contributed by atoms with Crippen molar-refractivity contribution in [1.82, 2.24) is 9.66 Å². The maximum absolute atomic E-state index is 13.5. The number of rotatable bonds is 7. The molecule has 0 amide bonds. The molecule has 0 spiro atoms. The molecule has 0 radical (unpaired) electrons. The molecular weight excluding hydrogens is 612 g/mol. The third-order valence-corrected chi connectivity index (χ3v) is 7.07. The summed E-state index contributed by atoms with van der Waals surface area (Å²) in [6, 6.07) is 26.2. The van der Waals surface area contributed by atoms with Crippen molar-refractivity contribution in [3.8, 4) is 17.3 Å². The average molecular weight is 630 g/mol. The van der Waals surface area contributed by atoms with Gasteiger partial charge in [0.1, 0.15) is 12.2 Å². The molecule has 0 atom stereocenters. The highest BCUT2D eigenvalue weighted by Crippen LogP contribution is 2.36. The second-order valence-corrected chi connectivity index (χ2v) is 10.3. The largest absolute Gasteiger partial charge is 0.481 e. The molecule has 0 aliphatic heterocycles. The van der Waals surface area contributed by atoms with E-state index < -0.39 is 10.5 Å². The first kappa shape index (κ1) is 26.4. The molecule has 0 N–H and O–H groups in total. The first-order valence-corrected chi connectivity index (χ1v) is 13.4. The Kier molecular flexibility index (Phi) is 7.08. The normalized spacial score (nSPS) is 11.5. The van der Waals surface area contributed by atoms with Crippen LogP contribution in [0.15, 0.2) is 110 Å². The quantitative estimate of drug-likeness (QED) is 0.102. The number of ether oxygens (including phenoxy) is 1. The van der Waals surface area contributed by atoms with E-state index in [1.807, 2.05) is 48.5 Å². The van der Waals surface area contributed by atoms with Crippen molar-refractivity contribution in [2.45, 2.75) is 6.61 Å². The number of nitro groups is 1. The molecule has 0 saturated carbocycles. The van der Waals surface area contributed by atoms with Crippen molar-refractivity contribution in [3.63, 3.8) is 0 Å². The standard InChI is InChI=1S/C30H18BrClN4O5/c31-21-11-9-18(10-12-21)17-40-28-23(32)13-19(14-25(28)36(38)39)16-33-35-29(27-15-20-5-1-4-8-26(20)41-27)34-24-7-3-2-6-22(24)30(35)37/h1-16H,17H2. The summed E-state index contributed by atoms with van der Waals surface area (Å²) in [5.41, 5.74) is 1.43. The molecule has 202 valence electrons. The van der Waals surface area contributed by atoms with Gasteiger partial charge in [0, 0.05) is 21.5 Å². The first-order valence-electron chi connectivity index (χ1n) is 12.3. The van der Waals surface area contributed by atoms with E-state index in [4.69, 9.17) is 20.8 Å². The summed E-state index contributed by atoms with van der Waals surface area (Å²) >= 11 is 9.81. The van der Waals surface area contributed by atoms with Crippen molar-refractivity contribution >= 4 is 61.3 Å². The molecule has 0 bridgehead atoms. The number of furan rings is 1. The monoisotopic (exact) mass is 628 g/mol. The molecule has 6 rings (SSSR count). The summed E-state index contributed by atoms with van der Waals surface area (Å²) in [6.07, 6.45) is 1.31. The van der Waals surface area contributed by atoms with Crippen molar-refractivity contribution < 1.29 is 14.1 Å². The second-order valence-electron chi connectivity index (χ2n) is 8.99. The highest BCUT2D eigenvalue weighted by molar-refractivity contribution is 9.10. The zero-order valence-electron chi connectivity index (χ0n) is 21.0. The summed E-state index contributed by atoms with van der Waals surface area (Å²) < 4.78 is 13.7. The first-order chi connectivity index (χ1) is 19.9. The Morgan fingerprint density at radius 1 is 1.05 bits per heavy atom. The molecule has 0 saturated heterocycles. The minimum absolute atomic E-state index is 0.0271. The Morgan fingerprint density at radius 2 is 1.80 bits per heavy atom. The fourth-order valence-electron chi connectivity index (χ4n) is 4.30. The lowest BCUT2D eigenvalue weighted by Gasteiger charge is -2.10. The number of nitro benzene ring substituents is 1. The van der Waals surface area contributed by atoms with Crippen LogP contribution >= 0.6 is 27.5 Å². The van der Waals surface area contributed by atoms with E-state index in [0.29, 0.717) is 22.2 Å². The van der Waals surface area contributed by atoms with Gasteiger partial charge in [0.15, 0.2) is 5.76 Å². The van der Waals surface area contributed by atoms with Crippen LogP contribution < -0.4 is 10.3 Å². The van der Waals surface area contributed by atoms with Crippen LogP contribution in [-0.2, 0) is 6.61 Å². The lowest BCUT2D eigenvalue weighted by Crippen LogP contribution is -2.20. The fraction of sp³-hybridized carbons (Fsp3) is 0.0333. The van der Waals surface area contributed by atoms with Crippen molar-refractivity contribution in [3.05, 3.63) is 132 Å². The lowest BCUT2D eigenvalue weighted by atomic mass is 10.2. The predicted molar refractivity (Wildman–Crippen MR) is 161 cm³/mol. The summed E-state index contributed by atoms with van der Waals surface area (Å²) in [5.74, 6) is 0.451. The van der Waals surface area contributed by atoms with Gasteiger partial charge in [-0.1, -0.05) is 70.0 Å². The van der Waals surface area contributed by atoms with Crippen LogP contribution in [0.25, 0.3) is 33.5 Å². The van der Waals surface area contributed by atoms with Gasteiger partial charge < -0.3 is 9.15 Å². The number of para-hydroxylation sites is 2. The Hall–Kier alpha value is -4.80. The highest BCUT2D eigenvalue weighted by Gasteiger charge is 2.21. The molecule has 0 aliphatic rings. The lowest BCUT2D eigenvalue weighted by molar-refractivity contribution is -0.385. The van der Waals surface area contributed by atoms with Crippen LogP contribution in [0.2, 0.25) is 5.02 Å². The molecule has 9 nitrogen and oxygen atoms in total. The number of hydrogen-bond acceptors (Lipinski definition) is 7. The molecule has 41 heavy (non-hydrogen) atoms. The van der Waals surface area contributed by atoms with Gasteiger partial charge in [-0.15, -0.1) is 0 Å². The van der Waals surface area contributed by atoms with E-state index in [0.717, 1.165) is 20.1 Å². The van der Waals surface area contributed by atoms with Crippen molar-refractivity contribution in [2.75, 3.05) is 0 Å². The van der Waals surface area contributed by atoms with E-state index in [1.165, 1.54) is 18.3 Å². The van der Waals surface area contributed by atoms with Gasteiger partial charge in [0.25, 0.3) is 5.56 Å². The van der Waals surface area contributed by atoms with Gasteiger partial charge in [0.05, 0.1) is 27.1 Å². The predicted octanol–water partition coefficient (Wildman–Crippen LogP) is 7.60. The Morgan fingerprint density at radius 3 is 2.59 bits per heavy atom. The van der Waals surface area contributed by atoms with E-state index in [1.54, 1.807) is 30.3 Å². The smallest absolute Gasteiger partial charge is 0.313 e. The van der Waals surface area contributed by atoms with Gasteiger partial charge in [-0.05, 0) is 48.0 Å². The Labute approximate surface area is 245 Å². The molecular formula is C30H18BrClN4O5. The molecule has 6 aromatic rings. The average Bonchev–Trinajstić information content (AvgIpc) is 3.41. The third kappa shape index (κ3) is 5.34. The number of nitrogens with zero attached hydrogens (tertiary/aromatic N) is 4. The van der Waals surface area contributed by atoms with Gasteiger partial charge in [0.2, 0.25) is 11.6 Å². The summed E-state index contributed by atoms with van der Waals surface area (Å²) in [7, 11) is 0. The van der Waals surface area contributed by atoms with E-state index in [2.05, 4.69) is 26.0 Å². The summed E-state index contributed by atoms with van der Waals surface area (Å²) in [4.78, 5) is 29.5. The van der Waals surface area contributed by atoms with Crippen LogP contribution in [0.3, 0.4) is 0 Å². The number of aromatic nitrogens is 2. The number of halogens is 2. The molecule has 0 unspecified atom stereocenters. The van der Waals surface area contributed by atoms with Crippen LogP contribution in [-0.4, -0.2) is 20.8 Å². The van der Waals surface area contributed by atoms with E-state index >= 15 is 0 Å². The van der Waals surface area contributed by atoms with E-state index in [-0.39, 0.29) is 34.5 Å². The number of hydrogen-bond donors (Lipinski definition) is 0. The van der Waals surface area contributed by atoms with Crippen LogP contribution in [0.4, 0.5) is 5.69 Å². The Bertz CT molecular complexity index is 2000. The topological polar surface area (TPSA) is 113 Å². The molecule has 11 heteroatoms. The zero-order chi connectivity index (χ0) is 28.5. The molecule has 0 fully saturated rings. The zero-order valence-corrected chi connectivity index (χ0v) is 23.4. The van der Waals surface area contributed by atoms with Gasteiger partial charge >= 0.3 is 5.69 Å². The van der Waals surface area contributed by atoms with Crippen LogP contribution in [0.5, 0.6) is 5.75 Å². The number of benzene rings is 4. The van der Waals surface area contributed by atoms with Gasteiger partial charge in [-0.2, -0.15) is 9.78 Å². The molecule has 2 aromatic heterocycles. The summed E-state index contributed by atoms with van der Waals surface area (Å²) in [5, 5.41) is 17.5. The second kappa shape index (κ2) is 11.0. The van der Waals surface area contributed by atoms with Crippen molar-refractivity contribution in [1.29, 1.82) is 0 Å². The van der Waals surface area contributed by atoms with Crippen LogP contribution in [0, 0.1) is 10.1 Å². The maximum Gasteiger partial charge on any atom is 0.313 e. The maximum atomic E-state index is 13.5. The van der Waals surface area contributed by atoms with Crippen LogP contribution in [0.1, 0.15) is 11.1 Å². The SMILES string of the molecule is O=c1c2ccccc2nc(-c2cc3ccccc3o2)n1N=Cc1cc(Cl)c(OCc2ccc(Br)cc2)c([N+](=O)[O-])c1. The third-order valence-electron chi connectivity index (χ3n) is 6.26. The molecule has 2 heterocycles. The minimum Gasteiger partial charge on any atom is -0.481 e. The molecule has 4 aromatic carbocycles. The number of fused-ring (bicyclic) bond motifs is 2. The molecule has 0 aliphatic carbocycles. The van der Waals surface area contributed by atoms with Gasteiger partial charge in [-0.25, -0.2) is 4.98 Å². The van der Waals surface area contributed by atoms with Gasteiger partial charge in [-0.3, -0.25) is 14.9 Å². The van der Waals surface area contributed by atoms with Crippen molar-refractivity contribution in [2.24, 2.45) is 5.10 Å². The summed E-state index contributed by atoms with van der Waals surface area (Å²) in [6.45, 7) is 0.0836. The Balaban J connectivity index is 1.41. The fourth-order valence-corrected chi connectivity index (χ4v) is 4.84. The van der Waals surface area contributed by atoms with E-state index in [9.17, 15) is 14.9 Å².